The Morgan fingerprint density at radius 2 is 2.10 bits per heavy atom. The van der Waals surface area contributed by atoms with Crippen molar-refractivity contribution in [2.45, 2.75) is 12.9 Å². The number of thiazole rings is 1. The van der Waals surface area contributed by atoms with Crippen molar-refractivity contribution in [1.29, 1.82) is 0 Å². The zero-order valence-corrected chi connectivity index (χ0v) is 12.8. The second-order valence-corrected chi connectivity index (χ2v) is 6.27. The van der Waals surface area contributed by atoms with Crippen LogP contribution in [0.1, 0.15) is 4.88 Å². The Kier molecular flexibility index (Phi) is 4.77. The van der Waals surface area contributed by atoms with E-state index >= 15 is 0 Å². The highest BCUT2D eigenvalue weighted by Gasteiger charge is 2.31. The molecule has 20 heavy (non-hydrogen) atoms. The summed E-state index contributed by atoms with van der Waals surface area (Å²) >= 11 is 10.1. The molecular weight excluding hydrogens is 381 g/mol. The van der Waals surface area contributed by atoms with Crippen molar-refractivity contribution >= 4 is 44.6 Å². The first-order valence-corrected chi connectivity index (χ1v) is 7.21. The molecule has 0 bridgehead atoms. The predicted molar refractivity (Wildman–Crippen MR) is 75.3 cm³/mol. The van der Waals surface area contributed by atoms with Gasteiger partial charge in [0.2, 0.25) is 0 Å². The first kappa shape index (κ1) is 15.4. The second kappa shape index (κ2) is 6.19. The van der Waals surface area contributed by atoms with Gasteiger partial charge < -0.3 is 10.1 Å². The number of benzene rings is 1. The average Bonchev–Trinajstić information content (AvgIpc) is 2.69. The molecule has 0 aliphatic carbocycles. The van der Waals surface area contributed by atoms with Crippen LogP contribution >= 0.6 is 38.9 Å². The van der Waals surface area contributed by atoms with E-state index in [0.29, 0.717) is 21.2 Å². The molecule has 3 nitrogen and oxygen atoms in total. The van der Waals surface area contributed by atoms with Crippen LogP contribution in [0.5, 0.6) is 5.75 Å². The highest BCUT2D eigenvalue weighted by atomic mass is 79.9. The van der Waals surface area contributed by atoms with Crippen LogP contribution in [0, 0.1) is 0 Å². The second-order valence-electron chi connectivity index (χ2n) is 3.66. The van der Waals surface area contributed by atoms with Crippen LogP contribution in [-0.4, -0.2) is 11.3 Å². The molecule has 0 saturated carbocycles. The standard InChI is InChI=1S/C11H7BrClF3N2OS/c12-6-1-7(3-8(2-6)19-11(14,15)16)17-4-9-5-18-10(13)20-9/h1-3,5,17H,4H2. The van der Waals surface area contributed by atoms with Crippen molar-refractivity contribution in [2.75, 3.05) is 5.32 Å². The molecule has 0 atom stereocenters. The number of alkyl halides is 3. The third-order valence-corrected chi connectivity index (χ3v) is 3.67. The minimum absolute atomic E-state index is 0.295. The topological polar surface area (TPSA) is 34.1 Å². The smallest absolute Gasteiger partial charge is 0.406 e. The molecule has 0 spiro atoms. The maximum atomic E-state index is 12.2. The number of aromatic nitrogens is 1. The Morgan fingerprint density at radius 1 is 1.35 bits per heavy atom. The van der Waals surface area contributed by atoms with E-state index in [9.17, 15) is 13.2 Å². The van der Waals surface area contributed by atoms with Gasteiger partial charge in [-0.25, -0.2) is 4.98 Å². The van der Waals surface area contributed by atoms with E-state index in [1.165, 1.54) is 23.5 Å². The van der Waals surface area contributed by atoms with Gasteiger partial charge in [-0.15, -0.1) is 24.5 Å². The Balaban J connectivity index is 2.07. The largest absolute Gasteiger partial charge is 0.573 e. The summed E-state index contributed by atoms with van der Waals surface area (Å²) in [4.78, 5) is 4.74. The highest BCUT2D eigenvalue weighted by molar-refractivity contribution is 9.10. The number of hydrogen-bond donors (Lipinski definition) is 1. The van der Waals surface area contributed by atoms with E-state index in [-0.39, 0.29) is 5.75 Å². The fourth-order valence-electron chi connectivity index (χ4n) is 1.41. The van der Waals surface area contributed by atoms with Crippen molar-refractivity contribution in [3.63, 3.8) is 0 Å². The molecule has 0 saturated heterocycles. The maximum absolute atomic E-state index is 12.2. The monoisotopic (exact) mass is 386 g/mol. The SMILES string of the molecule is FC(F)(F)Oc1cc(Br)cc(NCc2cnc(Cl)s2)c1. The Labute approximate surface area is 129 Å². The van der Waals surface area contributed by atoms with Gasteiger partial charge in [0.1, 0.15) is 5.75 Å². The summed E-state index contributed by atoms with van der Waals surface area (Å²) in [6, 6.07) is 4.15. The van der Waals surface area contributed by atoms with Gasteiger partial charge in [0.05, 0.1) is 6.54 Å². The van der Waals surface area contributed by atoms with Gasteiger partial charge in [-0.05, 0) is 12.1 Å². The quantitative estimate of drug-likeness (QED) is 0.795. The lowest BCUT2D eigenvalue weighted by atomic mass is 10.3. The first-order valence-electron chi connectivity index (χ1n) is 5.22. The van der Waals surface area contributed by atoms with Crippen molar-refractivity contribution in [3.05, 3.63) is 38.2 Å². The molecular formula is C11H7BrClF3N2OS. The van der Waals surface area contributed by atoms with Crippen molar-refractivity contribution in [1.82, 2.24) is 4.98 Å². The summed E-state index contributed by atoms with van der Waals surface area (Å²) in [5, 5.41) is 2.98. The lowest BCUT2D eigenvalue weighted by Gasteiger charge is -2.11. The molecule has 9 heteroatoms. The average molecular weight is 388 g/mol. The summed E-state index contributed by atoms with van der Waals surface area (Å²) in [6.45, 7) is 0.409. The van der Waals surface area contributed by atoms with E-state index in [1.807, 2.05) is 0 Å². The fraction of sp³-hybridized carbons (Fsp3) is 0.182. The molecule has 1 N–H and O–H groups in total. The van der Waals surface area contributed by atoms with Crippen LogP contribution in [0.2, 0.25) is 4.47 Å². The molecule has 1 aromatic heterocycles. The van der Waals surface area contributed by atoms with Crippen LogP contribution in [-0.2, 0) is 6.54 Å². The lowest BCUT2D eigenvalue weighted by molar-refractivity contribution is -0.274. The number of anilines is 1. The number of halogens is 5. The number of nitrogens with one attached hydrogen (secondary N) is 1. The molecule has 0 aliphatic heterocycles. The van der Waals surface area contributed by atoms with E-state index < -0.39 is 6.36 Å². The van der Waals surface area contributed by atoms with E-state index in [2.05, 4.69) is 31.0 Å². The Bertz CT molecular complexity index is 606. The third kappa shape index (κ3) is 4.84. The van der Waals surface area contributed by atoms with Crippen LogP contribution in [0.15, 0.2) is 28.9 Å². The molecule has 0 fully saturated rings. The van der Waals surface area contributed by atoms with Gasteiger partial charge in [-0.3, -0.25) is 0 Å². The van der Waals surface area contributed by atoms with Gasteiger partial charge in [-0.1, -0.05) is 27.5 Å². The minimum atomic E-state index is -4.72. The first-order chi connectivity index (χ1) is 9.32. The van der Waals surface area contributed by atoms with Gasteiger partial charge in [-0.2, -0.15) is 0 Å². The molecule has 2 aromatic rings. The lowest BCUT2D eigenvalue weighted by Crippen LogP contribution is -2.17. The van der Waals surface area contributed by atoms with Crippen LogP contribution in [0.25, 0.3) is 0 Å². The summed E-state index contributed by atoms with van der Waals surface area (Å²) in [6.07, 6.45) is -3.12. The maximum Gasteiger partial charge on any atom is 0.573 e. The van der Waals surface area contributed by atoms with Crippen LogP contribution < -0.4 is 10.1 Å². The highest BCUT2D eigenvalue weighted by Crippen LogP contribution is 2.29. The van der Waals surface area contributed by atoms with Crippen LogP contribution in [0.3, 0.4) is 0 Å². The molecule has 0 amide bonds. The van der Waals surface area contributed by atoms with Crippen molar-refractivity contribution < 1.29 is 17.9 Å². The van der Waals surface area contributed by atoms with Gasteiger partial charge >= 0.3 is 6.36 Å². The van der Waals surface area contributed by atoms with Gasteiger partial charge in [0, 0.05) is 27.3 Å². The summed E-state index contributed by atoms with van der Waals surface area (Å²) in [5.74, 6) is -0.295. The molecule has 0 aliphatic rings. The van der Waals surface area contributed by atoms with Gasteiger partial charge in [0.15, 0.2) is 4.47 Å². The Morgan fingerprint density at radius 3 is 2.70 bits per heavy atom. The molecule has 1 aromatic carbocycles. The zero-order chi connectivity index (χ0) is 14.8. The van der Waals surface area contributed by atoms with E-state index in [4.69, 9.17) is 11.6 Å². The van der Waals surface area contributed by atoms with Crippen molar-refractivity contribution in [2.24, 2.45) is 0 Å². The zero-order valence-electron chi connectivity index (χ0n) is 9.67. The summed E-state index contributed by atoms with van der Waals surface area (Å²) in [7, 11) is 0. The Hall–Kier alpha value is -0.990. The normalized spacial score (nSPS) is 11.4. The van der Waals surface area contributed by atoms with E-state index in [0.717, 1.165) is 4.88 Å². The van der Waals surface area contributed by atoms with Crippen LogP contribution in [0.4, 0.5) is 18.9 Å². The number of nitrogens with zero attached hydrogens (tertiary/aromatic N) is 1. The van der Waals surface area contributed by atoms with Gasteiger partial charge in [0.25, 0.3) is 0 Å². The third-order valence-electron chi connectivity index (χ3n) is 2.10. The fourth-order valence-corrected chi connectivity index (χ4v) is 2.80. The number of ether oxygens (including phenoxy) is 1. The predicted octanol–water partition coefficient (Wildman–Crippen LogP) is 5.07. The number of hydrogen-bond acceptors (Lipinski definition) is 4. The molecule has 0 radical (unpaired) electrons. The molecule has 0 unspecified atom stereocenters. The molecule has 2 rings (SSSR count). The van der Waals surface area contributed by atoms with E-state index in [1.54, 1.807) is 12.3 Å². The van der Waals surface area contributed by atoms with Crippen molar-refractivity contribution in [3.8, 4) is 5.75 Å². The summed E-state index contributed by atoms with van der Waals surface area (Å²) < 4.78 is 41.3. The summed E-state index contributed by atoms with van der Waals surface area (Å²) in [5.41, 5.74) is 0.489. The minimum Gasteiger partial charge on any atom is -0.406 e. The number of rotatable bonds is 4. The molecule has 108 valence electrons. The molecule has 1 heterocycles.